The molecule has 3 aromatic rings. The lowest BCUT2D eigenvalue weighted by Gasteiger charge is -2.06. The van der Waals surface area contributed by atoms with Crippen molar-refractivity contribution >= 4 is 33.7 Å². The van der Waals surface area contributed by atoms with Gasteiger partial charge in [0.25, 0.3) is 11.4 Å². The van der Waals surface area contributed by atoms with E-state index in [9.17, 15) is 38.5 Å². The second-order valence-corrected chi connectivity index (χ2v) is 5.47. The minimum Gasteiger partial charge on any atom is -0.493 e. The predicted octanol–water partition coefficient (Wildman–Crippen LogP) is 5.12. The van der Waals surface area contributed by atoms with E-state index in [2.05, 4.69) is 15.2 Å². The Hall–Kier alpha value is -4.03. The van der Waals surface area contributed by atoms with Gasteiger partial charge in [-0.15, -0.1) is 10.2 Å². The van der Waals surface area contributed by atoms with Crippen LogP contribution in [0, 0.1) is 20.2 Å². The maximum absolute atomic E-state index is 12.7. The molecule has 0 aliphatic rings. The molecule has 0 radical (unpaired) electrons. The smallest absolute Gasteiger partial charge is 0.416 e. The number of aromatic amines is 1. The van der Waals surface area contributed by atoms with Gasteiger partial charge in [-0.25, -0.2) is 0 Å². The van der Waals surface area contributed by atoms with Crippen molar-refractivity contribution in [2.45, 2.75) is 6.18 Å². The zero-order chi connectivity index (χ0) is 20.6. The molecule has 3 rings (SSSR count). The van der Waals surface area contributed by atoms with Crippen LogP contribution in [-0.4, -0.2) is 19.9 Å². The number of H-pyrrole nitrogens is 1. The largest absolute Gasteiger partial charge is 0.493 e. The van der Waals surface area contributed by atoms with Crippen LogP contribution in [0.25, 0.3) is 10.9 Å². The lowest BCUT2D eigenvalue weighted by molar-refractivity contribution is -0.384. The monoisotopic (exact) mass is 395 g/mol. The summed E-state index contributed by atoms with van der Waals surface area (Å²) in [5.74, 6) is -0.520. The van der Waals surface area contributed by atoms with E-state index < -0.39 is 38.8 Å². The van der Waals surface area contributed by atoms with Crippen molar-refractivity contribution in [2.24, 2.45) is 10.2 Å². The fourth-order valence-corrected chi connectivity index (χ4v) is 2.40. The molecule has 1 aromatic heterocycles. The van der Waals surface area contributed by atoms with Crippen LogP contribution in [0.15, 0.2) is 46.6 Å². The van der Waals surface area contributed by atoms with Gasteiger partial charge >= 0.3 is 6.18 Å². The molecule has 0 atom stereocenters. The van der Waals surface area contributed by atoms with Crippen LogP contribution in [-0.2, 0) is 6.18 Å². The van der Waals surface area contributed by atoms with Gasteiger partial charge in [0, 0.05) is 23.6 Å². The van der Waals surface area contributed by atoms with Gasteiger partial charge in [-0.05, 0) is 18.2 Å². The zero-order valence-corrected chi connectivity index (χ0v) is 13.5. The van der Waals surface area contributed by atoms with Crippen molar-refractivity contribution in [2.75, 3.05) is 0 Å². The van der Waals surface area contributed by atoms with E-state index in [0.29, 0.717) is 12.1 Å². The SMILES string of the molecule is O=[N+]([O-])c1ccc2[nH]c(O)c(N=Nc3ccc(C(F)(F)F)cc3[N+](=O)[O-])c2c1. The summed E-state index contributed by atoms with van der Waals surface area (Å²) in [5, 5.41) is 39.1. The quantitative estimate of drug-likeness (QED) is 0.357. The normalized spacial score (nSPS) is 12.0. The Kier molecular flexibility index (Phi) is 4.42. The minimum atomic E-state index is -4.78. The Bertz CT molecular complexity index is 1140. The lowest BCUT2D eigenvalue weighted by Crippen LogP contribution is -2.05. The van der Waals surface area contributed by atoms with Gasteiger partial charge in [-0.3, -0.25) is 20.2 Å². The molecule has 0 aliphatic carbocycles. The summed E-state index contributed by atoms with van der Waals surface area (Å²) in [6.45, 7) is 0. The highest BCUT2D eigenvalue weighted by atomic mass is 19.4. The van der Waals surface area contributed by atoms with Gasteiger partial charge < -0.3 is 10.1 Å². The highest BCUT2D eigenvalue weighted by Crippen LogP contribution is 2.40. The number of benzene rings is 2. The first-order valence-corrected chi connectivity index (χ1v) is 7.34. The molecule has 28 heavy (non-hydrogen) atoms. The van der Waals surface area contributed by atoms with Crippen LogP contribution in [0.5, 0.6) is 5.88 Å². The van der Waals surface area contributed by atoms with Crippen molar-refractivity contribution in [1.29, 1.82) is 0 Å². The van der Waals surface area contributed by atoms with Crippen molar-refractivity contribution in [3.63, 3.8) is 0 Å². The summed E-state index contributed by atoms with van der Waals surface area (Å²) in [6, 6.07) is 5.27. The van der Waals surface area contributed by atoms with Crippen molar-refractivity contribution in [3.05, 3.63) is 62.2 Å². The third-order valence-corrected chi connectivity index (χ3v) is 3.70. The van der Waals surface area contributed by atoms with Gasteiger partial charge in [0.2, 0.25) is 5.88 Å². The average Bonchev–Trinajstić information content (AvgIpc) is 2.93. The second kappa shape index (κ2) is 6.61. The van der Waals surface area contributed by atoms with Gasteiger partial charge in [0.1, 0.15) is 0 Å². The molecule has 0 spiro atoms. The first kappa shape index (κ1) is 18.8. The van der Waals surface area contributed by atoms with E-state index in [1.807, 2.05) is 0 Å². The number of rotatable bonds is 4. The third kappa shape index (κ3) is 3.44. The predicted molar refractivity (Wildman–Crippen MR) is 88.9 cm³/mol. The highest BCUT2D eigenvalue weighted by molar-refractivity contribution is 5.95. The maximum Gasteiger partial charge on any atom is 0.416 e. The lowest BCUT2D eigenvalue weighted by atomic mass is 10.1. The summed E-state index contributed by atoms with van der Waals surface area (Å²) >= 11 is 0. The number of halogens is 3. The van der Waals surface area contributed by atoms with Crippen molar-refractivity contribution < 1.29 is 28.1 Å². The van der Waals surface area contributed by atoms with Crippen molar-refractivity contribution in [1.82, 2.24) is 4.98 Å². The number of azo groups is 1. The zero-order valence-electron chi connectivity index (χ0n) is 13.5. The van der Waals surface area contributed by atoms with Gasteiger partial charge in [-0.1, -0.05) is 0 Å². The number of fused-ring (bicyclic) bond motifs is 1. The number of nitrogens with zero attached hydrogens (tertiary/aromatic N) is 4. The van der Waals surface area contributed by atoms with E-state index in [4.69, 9.17) is 0 Å². The van der Waals surface area contributed by atoms with E-state index >= 15 is 0 Å². The Morgan fingerprint density at radius 3 is 2.32 bits per heavy atom. The number of hydrogen-bond donors (Lipinski definition) is 2. The van der Waals surface area contributed by atoms with Gasteiger partial charge in [0.05, 0.1) is 20.9 Å². The Balaban J connectivity index is 2.09. The molecule has 0 aliphatic heterocycles. The van der Waals surface area contributed by atoms with Crippen LogP contribution in [0.4, 0.5) is 35.9 Å². The number of nitro groups is 2. The molecule has 0 unspecified atom stereocenters. The van der Waals surface area contributed by atoms with E-state index in [1.165, 1.54) is 12.1 Å². The Morgan fingerprint density at radius 1 is 1.00 bits per heavy atom. The second-order valence-electron chi connectivity index (χ2n) is 5.47. The molecular formula is C15H8F3N5O5. The van der Waals surface area contributed by atoms with Gasteiger partial charge in [-0.2, -0.15) is 13.2 Å². The summed E-state index contributed by atoms with van der Waals surface area (Å²) < 4.78 is 38.2. The molecule has 13 heteroatoms. The standard InChI is InChI=1S/C15H8F3N5O5/c16-15(17,18)7-1-3-11(12(5-7)23(27)28)20-21-13-9-6-8(22(25)26)2-4-10(9)19-14(13)24/h1-6,19,24H. The molecule has 144 valence electrons. The molecule has 0 saturated carbocycles. The Morgan fingerprint density at radius 2 is 1.71 bits per heavy atom. The third-order valence-electron chi connectivity index (χ3n) is 3.70. The molecule has 10 nitrogen and oxygen atoms in total. The van der Waals surface area contributed by atoms with Crippen LogP contribution in [0.3, 0.4) is 0 Å². The number of hydrogen-bond acceptors (Lipinski definition) is 7. The molecule has 1 heterocycles. The molecule has 0 amide bonds. The van der Waals surface area contributed by atoms with Crippen LogP contribution in [0.2, 0.25) is 0 Å². The number of non-ortho nitro benzene ring substituents is 1. The topological polar surface area (TPSA) is 147 Å². The first-order chi connectivity index (χ1) is 13.1. The number of aromatic nitrogens is 1. The summed E-state index contributed by atoms with van der Waals surface area (Å²) in [6.07, 6.45) is -4.78. The summed E-state index contributed by atoms with van der Waals surface area (Å²) in [7, 11) is 0. The molecule has 0 bridgehead atoms. The van der Waals surface area contributed by atoms with Crippen molar-refractivity contribution in [3.8, 4) is 5.88 Å². The van der Waals surface area contributed by atoms with E-state index in [0.717, 1.165) is 12.1 Å². The molecule has 0 fully saturated rings. The molecule has 0 saturated heterocycles. The average molecular weight is 395 g/mol. The van der Waals surface area contributed by atoms with Crippen LogP contribution < -0.4 is 0 Å². The highest BCUT2D eigenvalue weighted by Gasteiger charge is 2.33. The van der Waals surface area contributed by atoms with E-state index in [1.54, 1.807) is 0 Å². The molecule has 2 N–H and O–H groups in total. The summed E-state index contributed by atoms with van der Waals surface area (Å²) in [5.41, 5.74) is -2.94. The van der Waals surface area contributed by atoms with Crippen LogP contribution >= 0.6 is 0 Å². The van der Waals surface area contributed by atoms with Crippen LogP contribution in [0.1, 0.15) is 5.56 Å². The number of alkyl halides is 3. The minimum absolute atomic E-state index is 0.102. The molecular weight excluding hydrogens is 387 g/mol. The number of aromatic hydroxyl groups is 1. The molecule has 2 aromatic carbocycles. The first-order valence-electron chi connectivity index (χ1n) is 7.34. The number of nitrogens with one attached hydrogen (secondary N) is 1. The number of nitro benzene ring substituents is 2. The fourth-order valence-electron chi connectivity index (χ4n) is 2.40. The fraction of sp³-hybridized carbons (Fsp3) is 0.0667. The maximum atomic E-state index is 12.7. The Labute approximate surface area is 152 Å². The van der Waals surface area contributed by atoms with Gasteiger partial charge in [0.15, 0.2) is 11.4 Å². The summed E-state index contributed by atoms with van der Waals surface area (Å²) in [4.78, 5) is 22.7. The van der Waals surface area contributed by atoms with E-state index in [-0.39, 0.29) is 22.3 Å².